The number of nitrogens with zero attached hydrogens (tertiary/aromatic N) is 1. The zero-order valence-electron chi connectivity index (χ0n) is 14.7. The summed E-state index contributed by atoms with van der Waals surface area (Å²) in [5, 5.41) is 0. The number of aryl methyl sites for hydroxylation is 1. The number of esters is 1. The molecule has 0 radical (unpaired) electrons. The van der Waals surface area contributed by atoms with Crippen LogP contribution in [0.2, 0.25) is 0 Å². The standard InChI is InChI=1S/C20H22FNO3/c1-14-4-8-17(9-5-14)19(23)22(12-15(2)20(24)25-3)13-16-6-10-18(21)11-7-16/h4-11,15H,12-13H2,1-3H3. The van der Waals surface area contributed by atoms with E-state index in [0.717, 1.165) is 11.1 Å². The molecule has 4 nitrogen and oxygen atoms in total. The first-order valence-electron chi connectivity index (χ1n) is 8.09. The van der Waals surface area contributed by atoms with Crippen LogP contribution in [0.3, 0.4) is 0 Å². The van der Waals surface area contributed by atoms with Crippen molar-refractivity contribution >= 4 is 11.9 Å². The molecule has 0 fully saturated rings. The molecule has 25 heavy (non-hydrogen) atoms. The van der Waals surface area contributed by atoms with Gasteiger partial charge in [-0.1, -0.05) is 36.8 Å². The molecule has 0 bridgehead atoms. The minimum atomic E-state index is -0.458. The van der Waals surface area contributed by atoms with Gasteiger partial charge in [-0.3, -0.25) is 9.59 Å². The van der Waals surface area contributed by atoms with E-state index >= 15 is 0 Å². The van der Waals surface area contributed by atoms with E-state index in [9.17, 15) is 14.0 Å². The molecule has 0 heterocycles. The SMILES string of the molecule is COC(=O)C(C)CN(Cc1ccc(F)cc1)C(=O)c1ccc(C)cc1. The summed E-state index contributed by atoms with van der Waals surface area (Å²) in [5.74, 6) is -1.34. The maximum absolute atomic E-state index is 13.1. The first-order chi connectivity index (χ1) is 11.9. The van der Waals surface area contributed by atoms with Gasteiger partial charge in [-0.25, -0.2) is 4.39 Å². The van der Waals surface area contributed by atoms with E-state index in [1.807, 2.05) is 19.1 Å². The number of halogens is 1. The lowest BCUT2D eigenvalue weighted by atomic mass is 10.1. The van der Waals surface area contributed by atoms with E-state index in [1.165, 1.54) is 19.2 Å². The van der Waals surface area contributed by atoms with Gasteiger partial charge in [0.05, 0.1) is 13.0 Å². The summed E-state index contributed by atoms with van der Waals surface area (Å²) >= 11 is 0. The Kier molecular flexibility index (Phi) is 6.28. The highest BCUT2D eigenvalue weighted by molar-refractivity contribution is 5.94. The maximum Gasteiger partial charge on any atom is 0.310 e. The van der Waals surface area contributed by atoms with Gasteiger partial charge in [0.1, 0.15) is 5.82 Å². The topological polar surface area (TPSA) is 46.6 Å². The Morgan fingerprint density at radius 3 is 2.24 bits per heavy atom. The fourth-order valence-electron chi connectivity index (χ4n) is 2.51. The average molecular weight is 343 g/mol. The Labute approximate surface area is 147 Å². The van der Waals surface area contributed by atoms with E-state index < -0.39 is 5.92 Å². The lowest BCUT2D eigenvalue weighted by molar-refractivity contribution is -0.145. The molecule has 1 amide bonds. The van der Waals surface area contributed by atoms with Crippen molar-refractivity contribution in [3.63, 3.8) is 0 Å². The third kappa shape index (κ3) is 5.14. The van der Waals surface area contributed by atoms with E-state index in [2.05, 4.69) is 0 Å². The van der Waals surface area contributed by atoms with Crippen LogP contribution in [0, 0.1) is 18.7 Å². The molecule has 0 saturated carbocycles. The highest BCUT2D eigenvalue weighted by Crippen LogP contribution is 2.14. The fourth-order valence-corrected chi connectivity index (χ4v) is 2.51. The van der Waals surface area contributed by atoms with E-state index in [4.69, 9.17) is 4.74 Å². The molecule has 132 valence electrons. The van der Waals surface area contributed by atoms with Crippen LogP contribution in [-0.2, 0) is 16.1 Å². The predicted molar refractivity (Wildman–Crippen MR) is 93.5 cm³/mol. The number of carbonyl (C=O) groups excluding carboxylic acids is 2. The Morgan fingerprint density at radius 2 is 1.68 bits per heavy atom. The molecule has 1 atom stereocenters. The van der Waals surface area contributed by atoms with Crippen LogP contribution >= 0.6 is 0 Å². The molecule has 5 heteroatoms. The van der Waals surface area contributed by atoms with Crippen molar-refractivity contribution in [1.29, 1.82) is 0 Å². The summed E-state index contributed by atoms with van der Waals surface area (Å²) in [6.07, 6.45) is 0. The number of benzene rings is 2. The highest BCUT2D eigenvalue weighted by atomic mass is 19.1. The van der Waals surface area contributed by atoms with Crippen LogP contribution in [0.1, 0.15) is 28.4 Å². The van der Waals surface area contributed by atoms with Gasteiger partial charge in [0.2, 0.25) is 0 Å². The van der Waals surface area contributed by atoms with Crippen molar-refractivity contribution < 1.29 is 18.7 Å². The van der Waals surface area contributed by atoms with Crippen LogP contribution in [0.25, 0.3) is 0 Å². The number of amides is 1. The molecule has 0 aromatic heterocycles. The second-order valence-corrected chi connectivity index (χ2v) is 6.10. The van der Waals surface area contributed by atoms with Crippen LogP contribution in [0.5, 0.6) is 0 Å². The summed E-state index contributed by atoms with van der Waals surface area (Å²) in [7, 11) is 1.32. The van der Waals surface area contributed by atoms with Gasteiger partial charge < -0.3 is 9.64 Å². The zero-order chi connectivity index (χ0) is 18.4. The molecule has 2 rings (SSSR count). The summed E-state index contributed by atoms with van der Waals surface area (Å²) in [6.45, 7) is 4.17. The molecule has 1 unspecified atom stereocenters. The first-order valence-corrected chi connectivity index (χ1v) is 8.09. The Bertz CT molecular complexity index is 726. The smallest absolute Gasteiger partial charge is 0.310 e. The number of methoxy groups -OCH3 is 1. The molecule has 2 aromatic carbocycles. The number of hydrogen-bond acceptors (Lipinski definition) is 3. The second-order valence-electron chi connectivity index (χ2n) is 6.10. The second kappa shape index (κ2) is 8.42. The summed E-state index contributed by atoms with van der Waals surface area (Å²) in [6, 6.07) is 13.2. The van der Waals surface area contributed by atoms with Crippen molar-refractivity contribution in [1.82, 2.24) is 4.90 Å². The van der Waals surface area contributed by atoms with E-state index in [1.54, 1.807) is 36.1 Å². The van der Waals surface area contributed by atoms with Gasteiger partial charge in [-0.05, 0) is 36.8 Å². The van der Waals surface area contributed by atoms with Crippen LogP contribution in [0.4, 0.5) is 4.39 Å². The van der Waals surface area contributed by atoms with Gasteiger partial charge in [0, 0.05) is 18.7 Å². The lowest BCUT2D eigenvalue weighted by Crippen LogP contribution is -2.36. The fraction of sp³-hybridized carbons (Fsp3) is 0.300. The highest BCUT2D eigenvalue weighted by Gasteiger charge is 2.22. The van der Waals surface area contributed by atoms with Crippen molar-refractivity contribution in [2.24, 2.45) is 5.92 Å². The minimum Gasteiger partial charge on any atom is -0.469 e. The summed E-state index contributed by atoms with van der Waals surface area (Å²) in [4.78, 5) is 26.2. The molecular weight excluding hydrogens is 321 g/mol. The van der Waals surface area contributed by atoms with Crippen molar-refractivity contribution in [2.45, 2.75) is 20.4 Å². The molecule has 2 aromatic rings. The monoisotopic (exact) mass is 343 g/mol. The average Bonchev–Trinajstić information content (AvgIpc) is 2.62. The van der Waals surface area contributed by atoms with Crippen LogP contribution < -0.4 is 0 Å². The molecule has 0 aliphatic heterocycles. The number of ether oxygens (including phenoxy) is 1. The van der Waals surface area contributed by atoms with Gasteiger partial charge in [0.25, 0.3) is 5.91 Å². The molecule has 0 spiro atoms. The van der Waals surface area contributed by atoms with Crippen molar-refractivity contribution in [2.75, 3.05) is 13.7 Å². The molecule has 0 aliphatic carbocycles. The van der Waals surface area contributed by atoms with Gasteiger partial charge in [-0.15, -0.1) is 0 Å². The first kappa shape index (κ1) is 18.6. The van der Waals surface area contributed by atoms with Crippen molar-refractivity contribution in [3.05, 3.63) is 71.0 Å². The van der Waals surface area contributed by atoms with Gasteiger partial charge in [-0.2, -0.15) is 0 Å². The zero-order valence-corrected chi connectivity index (χ0v) is 14.7. The van der Waals surface area contributed by atoms with E-state index in [-0.39, 0.29) is 30.8 Å². The summed E-state index contributed by atoms with van der Waals surface area (Å²) in [5.41, 5.74) is 2.40. The largest absolute Gasteiger partial charge is 0.469 e. The third-order valence-electron chi connectivity index (χ3n) is 3.97. The molecular formula is C20H22FNO3. The molecule has 0 N–H and O–H groups in total. The number of hydrogen-bond donors (Lipinski definition) is 0. The van der Waals surface area contributed by atoms with E-state index in [0.29, 0.717) is 5.56 Å². The Hall–Kier alpha value is -2.69. The third-order valence-corrected chi connectivity index (χ3v) is 3.97. The Morgan fingerprint density at radius 1 is 1.08 bits per heavy atom. The quantitative estimate of drug-likeness (QED) is 0.753. The normalized spacial score (nSPS) is 11.7. The molecule has 0 aliphatic rings. The van der Waals surface area contributed by atoms with Crippen LogP contribution in [0.15, 0.2) is 48.5 Å². The lowest BCUT2D eigenvalue weighted by Gasteiger charge is -2.25. The van der Waals surface area contributed by atoms with Gasteiger partial charge in [0.15, 0.2) is 0 Å². The Balaban J connectivity index is 2.23. The number of carbonyl (C=O) groups is 2. The maximum atomic E-state index is 13.1. The predicted octanol–water partition coefficient (Wildman–Crippen LogP) is 3.59. The summed E-state index contributed by atoms with van der Waals surface area (Å²) < 4.78 is 17.9. The van der Waals surface area contributed by atoms with Gasteiger partial charge >= 0.3 is 5.97 Å². The molecule has 0 saturated heterocycles. The van der Waals surface area contributed by atoms with Crippen LogP contribution in [-0.4, -0.2) is 30.4 Å². The van der Waals surface area contributed by atoms with Crippen molar-refractivity contribution in [3.8, 4) is 0 Å². The number of rotatable bonds is 6. The minimum absolute atomic E-state index is 0.180.